The third-order valence-corrected chi connectivity index (χ3v) is 4.19. The summed E-state index contributed by atoms with van der Waals surface area (Å²) in [5, 5.41) is 0. The number of halogens is 4. The average Bonchev–Trinajstić information content (AvgIpc) is 2.68. The molecule has 0 unspecified atom stereocenters. The molecule has 0 N–H and O–H groups in total. The quantitative estimate of drug-likeness (QED) is 0.278. The van der Waals surface area contributed by atoms with Gasteiger partial charge in [-0.25, -0.2) is 17.6 Å². The second-order valence-electron chi connectivity index (χ2n) is 6.22. The van der Waals surface area contributed by atoms with Gasteiger partial charge in [0, 0.05) is 11.1 Å². The first-order chi connectivity index (χ1) is 13.5. The minimum Gasteiger partial charge on any atom is -0.206 e. The van der Waals surface area contributed by atoms with E-state index in [9.17, 15) is 17.6 Å². The van der Waals surface area contributed by atoms with Gasteiger partial charge in [-0.05, 0) is 60.4 Å². The van der Waals surface area contributed by atoms with Crippen LogP contribution in [0.4, 0.5) is 17.6 Å². The van der Waals surface area contributed by atoms with E-state index in [2.05, 4.69) is 18.4 Å². The van der Waals surface area contributed by atoms with Gasteiger partial charge in [0.1, 0.15) is 11.6 Å². The predicted molar refractivity (Wildman–Crippen MR) is 103 cm³/mol. The van der Waals surface area contributed by atoms with E-state index in [1.54, 1.807) is 0 Å². The van der Waals surface area contributed by atoms with Crippen LogP contribution in [0.25, 0.3) is 11.1 Å². The summed E-state index contributed by atoms with van der Waals surface area (Å²) in [6.07, 6.45) is 3.62. The number of allylic oxidation sites excluding steroid dienone is 1. The van der Waals surface area contributed by atoms with Crippen molar-refractivity contribution in [3.05, 3.63) is 107 Å². The largest absolute Gasteiger partial charge is 0.206 e. The second-order valence-corrected chi connectivity index (χ2v) is 6.22. The molecule has 0 aliphatic heterocycles. The van der Waals surface area contributed by atoms with Crippen LogP contribution in [-0.2, 0) is 6.42 Å². The average molecular weight is 380 g/mol. The van der Waals surface area contributed by atoms with E-state index in [1.165, 1.54) is 0 Å². The first-order valence-corrected chi connectivity index (χ1v) is 8.64. The Hall–Kier alpha value is -3.32. The van der Waals surface area contributed by atoms with Crippen LogP contribution in [0.3, 0.4) is 0 Å². The van der Waals surface area contributed by atoms with Gasteiger partial charge >= 0.3 is 0 Å². The topological polar surface area (TPSA) is 0 Å². The molecule has 0 aromatic heterocycles. The standard InChI is InChI=1S/C24H16F4/c1-2-3-4-16-5-7-17(8-6-16)9-10-18-13-22(27)24(23(28)14-18)19-11-12-20(25)21(26)15-19/h2,5-8,11-15H,1,3-4H2. The van der Waals surface area contributed by atoms with Crippen LogP contribution in [0.15, 0.2) is 67.3 Å². The molecule has 0 saturated heterocycles. The second kappa shape index (κ2) is 8.58. The SMILES string of the molecule is C=CCCc1ccc(C#Cc2cc(F)c(-c3ccc(F)c(F)c3)c(F)c2)cc1. The molecule has 0 atom stereocenters. The van der Waals surface area contributed by atoms with Crippen LogP contribution < -0.4 is 0 Å². The first-order valence-electron chi connectivity index (χ1n) is 8.64. The summed E-state index contributed by atoms with van der Waals surface area (Å²) < 4.78 is 55.2. The normalized spacial score (nSPS) is 10.3. The summed E-state index contributed by atoms with van der Waals surface area (Å²) in [5.41, 5.74) is 1.52. The Morgan fingerprint density at radius 2 is 1.36 bits per heavy atom. The number of hydrogen-bond donors (Lipinski definition) is 0. The molecule has 0 amide bonds. The fourth-order valence-electron chi connectivity index (χ4n) is 2.74. The molecule has 28 heavy (non-hydrogen) atoms. The summed E-state index contributed by atoms with van der Waals surface area (Å²) >= 11 is 0. The third-order valence-electron chi connectivity index (χ3n) is 4.19. The van der Waals surface area contributed by atoms with Crippen LogP contribution in [0.1, 0.15) is 23.1 Å². The molecule has 0 spiro atoms. The lowest BCUT2D eigenvalue weighted by Crippen LogP contribution is -1.94. The van der Waals surface area contributed by atoms with Gasteiger partial charge in [0.05, 0.1) is 5.56 Å². The van der Waals surface area contributed by atoms with Crippen LogP contribution in [-0.4, -0.2) is 0 Å². The Bertz CT molecular complexity index is 1050. The van der Waals surface area contributed by atoms with Crippen molar-refractivity contribution in [1.82, 2.24) is 0 Å². The number of rotatable bonds is 4. The van der Waals surface area contributed by atoms with Gasteiger partial charge < -0.3 is 0 Å². The number of benzene rings is 3. The molecule has 3 rings (SSSR count). The Morgan fingerprint density at radius 3 is 1.96 bits per heavy atom. The molecule has 0 fully saturated rings. The van der Waals surface area contributed by atoms with Gasteiger partial charge in [-0.3, -0.25) is 0 Å². The van der Waals surface area contributed by atoms with Crippen molar-refractivity contribution < 1.29 is 17.6 Å². The summed E-state index contributed by atoms with van der Waals surface area (Å²) in [5.74, 6) is 1.55. The fourth-order valence-corrected chi connectivity index (χ4v) is 2.74. The van der Waals surface area contributed by atoms with E-state index < -0.39 is 28.8 Å². The highest BCUT2D eigenvalue weighted by Gasteiger charge is 2.15. The molecule has 0 heterocycles. The first kappa shape index (κ1) is 19.4. The van der Waals surface area contributed by atoms with E-state index in [-0.39, 0.29) is 11.1 Å². The summed E-state index contributed by atoms with van der Waals surface area (Å²) in [6.45, 7) is 3.69. The lowest BCUT2D eigenvalue weighted by molar-refractivity contribution is 0.508. The van der Waals surface area contributed by atoms with Crippen molar-refractivity contribution >= 4 is 0 Å². The van der Waals surface area contributed by atoms with Crippen molar-refractivity contribution in [3.63, 3.8) is 0 Å². The number of aryl methyl sites for hydroxylation is 1. The summed E-state index contributed by atoms with van der Waals surface area (Å²) in [6, 6.07) is 12.4. The van der Waals surface area contributed by atoms with Crippen LogP contribution >= 0.6 is 0 Å². The molecule has 0 radical (unpaired) electrons. The smallest absolute Gasteiger partial charge is 0.159 e. The Balaban J connectivity index is 1.86. The molecule has 3 aromatic carbocycles. The predicted octanol–water partition coefficient (Wildman–Crippen LogP) is 6.43. The van der Waals surface area contributed by atoms with Gasteiger partial charge in [-0.1, -0.05) is 36.1 Å². The van der Waals surface area contributed by atoms with Crippen molar-refractivity contribution in [3.8, 4) is 23.0 Å². The molecule has 0 bridgehead atoms. The number of hydrogen-bond acceptors (Lipinski definition) is 0. The lowest BCUT2D eigenvalue weighted by Gasteiger charge is -2.07. The van der Waals surface area contributed by atoms with E-state index in [4.69, 9.17) is 0 Å². The highest BCUT2D eigenvalue weighted by atomic mass is 19.2. The molecule has 140 valence electrons. The van der Waals surface area contributed by atoms with Crippen molar-refractivity contribution in [2.75, 3.05) is 0 Å². The van der Waals surface area contributed by atoms with Crippen molar-refractivity contribution in [1.29, 1.82) is 0 Å². The van der Waals surface area contributed by atoms with Crippen LogP contribution in [0.5, 0.6) is 0 Å². The van der Waals surface area contributed by atoms with Gasteiger partial charge in [-0.2, -0.15) is 0 Å². The van der Waals surface area contributed by atoms with Crippen molar-refractivity contribution in [2.24, 2.45) is 0 Å². The Kier molecular flexibility index (Phi) is 5.96. The minimum atomic E-state index is -1.17. The van der Waals surface area contributed by atoms with Gasteiger partial charge in [0.2, 0.25) is 0 Å². The molecular formula is C24H16F4. The lowest BCUT2D eigenvalue weighted by atomic mass is 10.0. The van der Waals surface area contributed by atoms with Crippen LogP contribution in [0, 0.1) is 35.1 Å². The highest BCUT2D eigenvalue weighted by molar-refractivity contribution is 5.66. The van der Waals surface area contributed by atoms with E-state index in [0.717, 1.165) is 48.7 Å². The molecule has 0 aliphatic carbocycles. The maximum absolute atomic E-state index is 14.4. The Morgan fingerprint density at radius 1 is 0.714 bits per heavy atom. The van der Waals surface area contributed by atoms with E-state index in [1.807, 2.05) is 30.3 Å². The zero-order chi connectivity index (χ0) is 20.1. The van der Waals surface area contributed by atoms with Gasteiger partial charge in [-0.15, -0.1) is 6.58 Å². The van der Waals surface area contributed by atoms with Gasteiger partial charge in [0.15, 0.2) is 11.6 Å². The minimum absolute atomic E-state index is 0.0801. The van der Waals surface area contributed by atoms with Gasteiger partial charge in [0.25, 0.3) is 0 Å². The highest BCUT2D eigenvalue weighted by Crippen LogP contribution is 2.28. The Labute approximate surface area is 161 Å². The summed E-state index contributed by atoms with van der Waals surface area (Å²) in [7, 11) is 0. The van der Waals surface area contributed by atoms with Crippen LogP contribution in [0.2, 0.25) is 0 Å². The molecule has 0 saturated carbocycles. The fraction of sp³-hybridized carbons (Fsp3) is 0.0833. The zero-order valence-corrected chi connectivity index (χ0v) is 14.9. The van der Waals surface area contributed by atoms with E-state index >= 15 is 0 Å². The molecule has 0 aliphatic rings. The summed E-state index contributed by atoms with van der Waals surface area (Å²) in [4.78, 5) is 0. The molecular weight excluding hydrogens is 364 g/mol. The zero-order valence-electron chi connectivity index (χ0n) is 14.9. The monoisotopic (exact) mass is 380 g/mol. The third kappa shape index (κ3) is 4.50. The maximum atomic E-state index is 14.4. The molecule has 0 nitrogen and oxygen atoms in total. The maximum Gasteiger partial charge on any atom is 0.159 e. The van der Waals surface area contributed by atoms with E-state index in [0.29, 0.717) is 5.56 Å². The van der Waals surface area contributed by atoms with Crippen molar-refractivity contribution in [2.45, 2.75) is 12.8 Å². The molecule has 3 aromatic rings. The molecule has 4 heteroatoms.